The lowest BCUT2D eigenvalue weighted by Gasteiger charge is -2.42. The third-order valence-corrected chi connectivity index (χ3v) is 5.64. The van der Waals surface area contributed by atoms with Gasteiger partial charge in [0.1, 0.15) is 5.41 Å². The van der Waals surface area contributed by atoms with Crippen molar-refractivity contribution in [2.75, 3.05) is 26.3 Å². The summed E-state index contributed by atoms with van der Waals surface area (Å²) >= 11 is 0. The predicted molar refractivity (Wildman–Crippen MR) is 69.4 cm³/mol. The van der Waals surface area contributed by atoms with Crippen LogP contribution in [0.5, 0.6) is 0 Å². The minimum Gasteiger partial charge on any atom is -0.381 e. The summed E-state index contributed by atoms with van der Waals surface area (Å²) in [5.74, 6) is -0.794. The average molecular weight is 306 g/mol. The van der Waals surface area contributed by atoms with Gasteiger partial charge in [-0.2, -0.15) is 13.2 Å². The third kappa shape index (κ3) is 2.16. The van der Waals surface area contributed by atoms with E-state index < -0.39 is 17.5 Å². The van der Waals surface area contributed by atoms with Crippen LogP contribution in [0.2, 0.25) is 0 Å². The lowest BCUT2D eigenvalue weighted by molar-refractivity contribution is -0.244. The number of nitrogens with zero attached hydrogens (tertiary/aromatic N) is 1. The zero-order valence-corrected chi connectivity index (χ0v) is 11.9. The fraction of sp³-hybridized carbons (Fsp3) is 0.929. The van der Waals surface area contributed by atoms with Gasteiger partial charge in [0.25, 0.3) is 0 Å². The number of hydrogen-bond donors (Lipinski definition) is 1. The molecule has 3 rings (SSSR count). The van der Waals surface area contributed by atoms with Gasteiger partial charge in [0.15, 0.2) is 0 Å². The molecule has 1 atom stereocenters. The number of ether oxygens (including phenoxy) is 1. The number of alkyl halides is 3. The first-order valence-electron chi connectivity index (χ1n) is 7.50. The molecule has 3 aliphatic rings. The summed E-state index contributed by atoms with van der Waals surface area (Å²) in [5, 5.41) is 0. The van der Waals surface area contributed by atoms with E-state index in [1.807, 2.05) is 0 Å². The third-order valence-electron chi connectivity index (χ3n) is 5.64. The van der Waals surface area contributed by atoms with Gasteiger partial charge < -0.3 is 15.4 Å². The molecule has 1 saturated carbocycles. The molecular formula is C14H21F3N2O2. The Bertz CT molecular complexity index is 428. The quantitative estimate of drug-likeness (QED) is 0.802. The molecule has 0 bridgehead atoms. The Morgan fingerprint density at radius 3 is 2.24 bits per heavy atom. The van der Waals surface area contributed by atoms with Gasteiger partial charge in [-0.25, -0.2) is 0 Å². The summed E-state index contributed by atoms with van der Waals surface area (Å²) in [6.07, 6.45) is -2.22. The van der Waals surface area contributed by atoms with Gasteiger partial charge >= 0.3 is 6.18 Å². The molecule has 0 aromatic heterocycles. The minimum atomic E-state index is -4.53. The summed E-state index contributed by atoms with van der Waals surface area (Å²) < 4.78 is 45.7. The maximum Gasteiger partial charge on any atom is 0.403 e. The van der Waals surface area contributed by atoms with Crippen molar-refractivity contribution in [3.05, 3.63) is 0 Å². The van der Waals surface area contributed by atoms with E-state index in [2.05, 4.69) is 0 Å². The standard InChI is InChI=1S/C14H21F3N2O2/c15-14(16,17)13(4-6-21-7-5-13)11(20)19-8-10(18)12(9-19)2-1-3-12/h10H,1-9,18H2. The molecule has 21 heavy (non-hydrogen) atoms. The van der Waals surface area contributed by atoms with Crippen LogP contribution in [0.15, 0.2) is 0 Å². The van der Waals surface area contributed by atoms with Gasteiger partial charge in [-0.05, 0) is 25.7 Å². The lowest BCUT2D eigenvalue weighted by Crippen LogP contribution is -2.54. The molecule has 0 aromatic carbocycles. The van der Waals surface area contributed by atoms with E-state index >= 15 is 0 Å². The Morgan fingerprint density at radius 1 is 1.19 bits per heavy atom. The molecular weight excluding hydrogens is 285 g/mol. The Labute approximate surface area is 121 Å². The molecule has 2 aliphatic heterocycles. The van der Waals surface area contributed by atoms with Gasteiger partial charge in [0.05, 0.1) is 0 Å². The van der Waals surface area contributed by atoms with Gasteiger partial charge in [-0.3, -0.25) is 4.79 Å². The van der Waals surface area contributed by atoms with Crippen LogP contribution in [0.4, 0.5) is 13.2 Å². The number of carbonyl (C=O) groups is 1. The SMILES string of the molecule is NC1CN(C(=O)C2(C(F)(F)F)CCOCC2)CC12CCC2. The molecule has 120 valence electrons. The number of halogens is 3. The summed E-state index contributed by atoms with van der Waals surface area (Å²) in [7, 11) is 0. The number of nitrogens with two attached hydrogens (primary N) is 1. The molecule has 4 nitrogen and oxygen atoms in total. The highest BCUT2D eigenvalue weighted by Crippen LogP contribution is 2.51. The molecule has 1 spiro atoms. The molecule has 2 N–H and O–H groups in total. The zero-order valence-electron chi connectivity index (χ0n) is 11.9. The smallest absolute Gasteiger partial charge is 0.381 e. The highest BCUT2D eigenvalue weighted by atomic mass is 19.4. The van der Waals surface area contributed by atoms with Crippen molar-refractivity contribution >= 4 is 5.91 Å². The number of likely N-dealkylation sites (tertiary alicyclic amines) is 1. The molecule has 2 heterocycles. The van der Waals surface area contributed by atoms with E-state index in [1.165, 1.54) is 4.90 Å². The number of carbonyl (C=O) groups excluding carboxylic acids is 1. The summed E-state index contributed by atoms with van der Waals surface area (Å²) in [6, 6.07) is -0.194. The zero-order chi connectivity index (χ0) is 15.3. The fourth-order valence-corrected chi connectivity index (χ4v) is 3.95. The average Bonchev–Trinajstić information content (AvgIpc) is 2.75. The van der Waals surface area contributed by atoms with E-state index in [9.17, 15) is 18.0 Å². The Balaban J connectivity index is 1.82. The second kappa shape index (κ2) is 4.84. The molecule has 1 amide bonds. The van der Waals surface area contributed by atoms with E-state index in [-0.39, 0.29) is 44.1 Å². The minimum absolute atomic E-state index is 0.0176. The second-order valence-electron chi connectivity index (χ2n) is 6.70. The maximum absolute atomic E-state index is 13.6. The van der Waals surface area contributed by atoms with Crippen molar-refractivity contribution in [3.8, 4) is 0 Å². The largest absolute Gasteiger partial charge is 0.403 e. The van der Waals surface area contributed by atoms with E-state index in [1.54, 1.807) is 0 Å². The van der Waals surface area contributed by atoms with Crippen LogP contribution in [0.25, 0.3) is 0 Å². The normalized spacial score (nSPS) is 31.2. The topological polar surface area (TPSA) is 55.6 Å². The van der Waals surface area contributed by atoms with Crippen molar-refractivity contribution in [3.63, 3.8) is 0 Å². The Hall–Kier alpha value is -0.820. The van der Waals surface area contributed by atoms with Crippen LogP contribution >= 0.6 is 0 Å². The van der Waals surface area contributed by atoms with Crippen LogP contribution in [0.1, 0.15) is 32.1 Å². The lowest BCUT2D eigenvalue weighted by atomic mass is 9.66. The van der Waals surface area contributed by atoms with Crippen molar-refractivity contribution < 1.29 is 22.7 Å². The number of hydrogen-bond acceptors (Lipinski definition) is 3. The van der Waals surface area contributed by atoms with Crippen molar-refractivity contribution in [2.24, 2.45) is 16.6 Å². The van der Waals surface area contributed by atoms with Crippen LogP contribution < -0.4 is 5.73 Å². The van der Waals surface area contributed by atoms with Gasteiger partial charge in [-0.1, -0.05) is 6.42 Å². The monoisotopic (exact) mass is 306 g/mol. The van der Waals surface area contributed by atoms with E-state index in [0.29, 0.717) is 6.54 Å². The van der Waals surface area contributed by atoms with Crippen LogP contribution in [-0.4, -0.2) is 49.3 Å². The van der Waals surface area contributed by atoms with Crippen molar-refractivity contribution in [1.82, 2.24) is 4.90 Å². The summed E-state index contributed by atoms with van der Waals surface area (Å²) in [6.45, 7) is 0.593. The van der Waals surface area contributed by atoms with Gasteiger partial charge in [0, 0.05) is 37.8 Å². The molecule has 1 aliphatic carbocycles. The highest BCUT2D eigenvalue weighted by Gasteiger charge is 2.63. The predicted octanol–water partition coefficient (Wildman–Crippen LogP) is 1.69. The van der Waals surface area contributed by atoms with E-state index in [4.69, 9.17) is 10.5 Å². The highest BCUT2D eigenvalue weighted by molar-refractivity contribution is 5.84. The summed E-state index contributed by atoms with van der Waals surface area (Å²) in [4.78, 5) is 14.0. The fourth-order valence-electron chi connectivity index (χ4n) is 3.95. The molecule has 2 saturated heterocycles. The summed E-state index contributed by atoms with van der Waals surface area (Å²) in [5.41, 5.74) is 3.68. The van der Waals surface area contributed by atoms with Crippen LogP contribution in [0.3, 0.4) is 0 Å². The van der Waals surface area contributed by atoms with E-state index in [0.717, 1.165) is 19.3 Å². The molecule has 3 fully saturated rings. The number of amides is 1. The van der Waals surface area contributed by atoms with Crippen LogP contribution in [0, 0.1) is 10.8 Å². The molecule has 7 heteroatoms. The molecule has 0 aromatic rings. The van der Waals surface area contributed by atoms with Crippen molar-refractivity contribution in [1.29, 1.82) is 0 Å². The number of rotatable bonds is 1. The van der Waals surface area contributed by atoms with Crippen LogP contribution in [-0.2, 0) is 9.53 Å². The molecule has 0 radical (unpaired) electrons. The first-order valence-corrected chi connectivity index (χ1v) is 7.50. The molecule has 1 unspecified atom stereocenters. The first-order chi connectivity index (χ1) is 9.81. The Kier molecular flexibility index (Phi) is 3.48. The first kappa shape index (κ1) is 15.1. The van der Waals surface area contributed by atoms with Gasteiger partial charge in [-0.15, -0.1) is 0 Å². The van der Waals surface area contributed by atoms with Crippen molar-refractivity contribution in [2.45, 2.75) is 44.3 Å². The van der Waals surface area contributed by atoms with Gasteiger partial charge in [0.2, 0.25) is 5.91 Å². The maximum atomic E-state index is 13.6. The second-order valence-corrected chi connectivity index (χ2v) is 6.70. The Morgan fingerprint density at radius 2 is 1.81 bits per heavy atom.